The van der Waals surface area contributed by atoms with Crippen molar-refractivity contribution in [2.75, 3.05) is 20.3 Å². The Morgan fingerprint density at radius 1 is 1.36 bits per heavy atom. The maximum Gasteiger partial charge on any atom is 0.271 e. The lowest BCUT2D eigenvalue weighted by Crippen LogP contribution is -2.65. The third kappa shape index (κ3) is 3.24. The average Bonchev–Trinajstić information content (AvgIpc) is 3.26. The lowest BCUT2D eigenvalue weighted by molar-refractivity contribution is -0.134. The minimum atomic E-state index is -0.931. The number of aromatic nitrogens is 1. The summed E-state index contributed by atoms with van der Waals surface area (Å²) in [6.45, 7) is 5.44. The average molecular weight is 404 g/mol. The second kappa shape index (κ2) is 7.52. The molecular formula is C21H29N3O3S. The number of fused-ring (bicyclic) bond motifs is 3. The number of methoxy groups -OCH3 is 1. The van der Waals surface area contributed by atoms with E-state index in [9.17, 15) is 9.59 Å². The van der Waals surface area contributed by atoms with E-state index >= 15 is 0 Å². The second-order valence-electron chi connectivity index (χ2n) is 8.44. The highest BCUT2D eigenvalue weighted by atomic mass is 32.1. The van der Waals surface area contributed by atoms with E-state index in [4.69, 9.17) is 4.74 Å². The first-order chi connectivity index (χ1) is 13.4. The van der Waals surface area contributed by atoms with Gasteiger partial charge >= 0.3 is 0 Å². The van der Waals surface area contributed by atoms with Crippen LogP contribution in [0.25, 0.3) is 10.2 Å². The topological polar surface area (TPSA) is 63.6 Å². The van der Waals surface area contributed by atoms with Gasteiger partial charge in [0, 0.05) is 19.7 Å². The molecule has 0 bridgehead atoms. The number of ether oxygens (including phenoxy) is 1. The third-order valence-electron chi connectivity index (χ3n) is 6.41. The summed E-state index contributed by atoms with van der Waals surface area (Å²) < 4.78 is 8.33. The molecule has 0 saturated heterocycles. The normalized spacial score (nSPS) is 27.8. The van der Waals surface area contributed by atoms with Gasteiger partial charge in [-0.05, 0) is 56.0 Å². The van der Waals surface area contributed by atoms with Crippen molar-refractivity contribution in [3.63, 3.8) is 0 Å². The predicted molar refractivity (Wildman–Crippen MR) is 111 cm³/mol. The molecule has 1 saturated carbocycles. The van der Waals surface area contributed by atoms with Crippen molar-refractivity contribution in [3.8, 4) is 0 Å². The Balaban J connectivity index is 1.64. The number of carbonyl (C=O) groups is 2. The Labute approximate surface area is 169 Å². The molecule has 2 aliphatic rings. The van der Waals surface area contributed by atoms with Crippen LogP contribution in [0.3, 0.4) is 0 Å². The Hall–Kier alpha value is -1.86. The number of hydrogen-bond donors (Lipinski definition) is 1. The Kier molecular flexibility index (Phi) is 5.22. The zero-order valence-corrected chi connectivity index (χ0v) is 17.7. The first kappa shape index (κ1) is 19.5. The second-order valence-corrected chi connectivity index (χ2v) is 9.39. The lowest BCUT2D eigenvalue weighted by atomic mass is 9.86. The highest BCUT2D eigenvalue weighted by Gasteiger charge is 2.48. The first-order valence-corrected chi connectivity index (χ1v) is 11.0. The largest absolute Gasteiger partial charge is 0.383 e. The van der Waals surface area contributed by atoms with E-state index in [1.807, 2.05) is 29.0 Å². The monoisotopic (exact) mass is 403 g/mol. The molecule has 1 fully saturated rings. The molecule has 2 aromatic heterocycles. The molecule has 6 nitrogen and oxygen atoms in total. The molecule has 152 valence electrons. The molecule has 28 heavy (non-hydrogen) atoms. The van der Waals surface area contributed by atoms with Gasteiger partial charge in [0.25, 0.3) is 5.91 Å². The third-order valence-corrected chi connectivity index (χ3v) is 7.26. The summed E-state index contributed by atoms with van der Waals surface area (Å²) in [4.78, 5) is 28.5. The van der Waals surface area contributed by atoms with Gasteiger partial charge in [-0.15, -0.1) is 11.3 Å². The van der Waals surface area contributed by atoms with Crippen molar-refractivity contribution in [3.05, 3.63) is 23.2 Å². The van der Waals surface area contributed by atoms with E-state index in [1.54, 1.807) is 23.3 Å². The van der Waals surface area contributed by atoms with Gasteiger partial charge in [-0.1, -0.05) is 6.92 Å². The van der Waals surface area contributed by atoms with E-state index in [2.05, 4.69) is 12.2 Å². The van der Waals surface area contributed by atoms with Gasteiger partial charge < -0.3 is 19.5 Å². The van der Waals surface area contributed by atoms with E-state index in [0.29, 0.717) is 25.4 Å². The highest BCUT2D eigenvalue weighted by molar-refractivity contribution is 7.17. The van der Waals surface area contributed by atoms with Gasteiger partial charge in [0.15, 0.2) is 0 Å². The number of hydrogen-bond acceptors (Lipinski definition) is 4. The zero-order valence-electron chi connectivity index (χ0n) is 16.9. The summed E-state index contributed by atoms with van der Waals surface area (Å²) in [6, 6.07) is 4.18. The summed E-state index contributed by atoms with van der Waals surface area (Å²) in [5, 5.41) is 5.29. The maximum absolute atomic E-state index is 13.4. The van der Waals surface area contributed by atoms with Crippen LogP contribution in [-0.2, 0) is 16.1 Å². The number of rotatable bonds is 5. The van der Waals surface area contributed by atoms with Crippen LogP contribution in [0, 0.1) is 5.92 Å². The Morgan fingerprint density at radius 2 is 2.11 bits per heavy atom. The molecule has 0 radical (unpaired) electrons. The van der Waals surface area contributed by atoms with Crippen LogP contribution in [-0.4, -0.2) is 53.1 Å². The van der Waals surface area contributed by atoms with Crippen molar-refractivity contribution in [2.45, 2.75) is 57.7 Å². The molecule has 4 rings (SSSR count). The number of thiophene rings is 1. The molecule has 0 aromatic carbocycles. The molecule has 1 unspecified atom stereocenters. The number of nitrogens with zero attached hydrogens (tertiary/aromatic N) is 2. The fraction of sp³-hybridized carbons (Fsp3) is 0.619. The van der Waals surface area contributed by atoms with Crippen molar-refractivity contribution >= 4 is 33.4 Å². The van der Waals surface area contributed by atoms with Crippen molar-refractivity contribution in [1.82, 2.24) is 14.8 Å². The summed E-state index contributed by atoms with van der Waals surface area (Å²) in [7, 11) is 1.62. The maximum atomic E-state index is 13.4. The van der Waals surface area contributed by atoms with Crippen molar-refractivity contribution < 1.29 is 14.3 Å². The van der Waals surface area contributed by atoms with Gasteiger partial charge in [0.1, 0.15) is 11.2 Å². The van der Waals surface area contributed by atoms with E-state index < -0.39 is 5.54 Å². The first-order valence-electron chi connectivity index (χ1n) is 10.1. The number of nitrogens with one attached hydrogen (secondary N) is 1. The van der Waals surface area contributed by atoms with Crippen molar-refractivity contribution in [2.24, 2.45) is 5.92 Å². The van der Waals surface area contributed by atoms with Crippen LogP contribution in [0.15, 0.2) is 17.5 Å². The van der Waals surface area contributed by atoms with Gasteiger partial charge in [-0.2, -0.15) is 0 Å². The molecular weight excluding hydrogens is 374 g/mol. The van der Waals surface area contributed by atoms with Crippen LogP contribution >= 0.6 is 11.3 Å². The van der Waals surface area contributed by atoms with Crippen LogP contribution in [0.1, 0.15) is 50.0 Å². The summed E-state index contributed by atoms with van der Waals surface area (Å²) >= 11 is 1.62. The number of amides is 2. The smallest absolute Gasteiger partial charge is 0.271 e. The van der Waals surface area contributed by atoms with Gasteiger partial charge in [0.2, 0.25) is 5.91 Å². The summed E-state index contributed by atoms with van der Waals surface area (Å²) in [6.07, 6.45) is 4.31. The molecule has 1 aliphatic carbocycles. The van der Waals surface area contributed by atoms with Crippen LogP contribution < -0.4 is 5.32 Å². The fourth-order valence-electron chi connectivity index (χ4n) is 4.55. The summed E-state index contributed by atoms with van der Waals surface area (Å²) in [5.41, 5.74) is 0.763. The standard InChI is InChI=1S/C21H29N3O3S/c1-14-4-6-15(7-5-14)22-20(26)21(2)13-23-16-8-11-28-18(16)12-17(23)19(25)24(21)9-10-27-3/h8,11-12,14-15H,4-7,9-10,13H2,1-3H3,(H,22,26). The fourth-order valence-corrected chi connectivity index (χ4v) is 5.37. The molecule has 1 aliphatic heterocycles. The molecule has 7 heteroatoms. The van der Waals surface area contributed by atoms with Crippen LogP contribution in [0.5, 0.6) is 0 Å². The van der Waals surface area contributed by atoms with Gasteiger partial charge in [-0.25, -0.2) is 0 Å². The SMILES string of the molecule is COCCN1C(=O)c2cc3sccc3n2CC1(C)C(=O)NC1CCC(C)CC1. The Morgan fingerprint density at radius 3 is 2.82 bits per heavy atom. The molecule has 3 heterocycles. The molecule has 2 aromatic rings. The molecule has 1 N–H and O–H groups in total. The van der Waals surface area contributed by atoms with E-state index in [0.717, 1.165) is 41.8 Å². The predicted octanol–water partition coefficient (Wildman–Crippen LogP) is 3.26. The van der Waals surface area contributed by atoms with Crippen LogP contribution in [0.4, 0.5) is 0 Å². The highest BCUT2D eigenvalue weighted by Crippen LogP contribution is 2.34. The Bertz CT molecular complexity index is 881. The van der Waals surface area contributed by atoms with Gasteiger partial charge in [0.05, 0.1) is 23.4 Å². The summed E-state index contributed by atoms with van der Waals surface area (Å²) in [5.74, 6) is 0.577. The van der Waals surface area contributed by atoms with E-state index in [1.165, 1.54) is 0 Å². The van der Waals surface area contributed by atoms with Crippen LogP contribution in [0.2, 0.25) is 0 Å². The van der Waals surface area contributed by atoms with E-state index in [-0.39, 0.29) is 17.9 Å². The zero-order chi connectivity index (χ0) is 19.9. The molecule has 2 amide bonds. The minimum Gasteiger partial charge on any atom is -0.383 e. The van der Waals surface area contributed by atoms with Gasteiger partial charge in [-0.3, -0.25) is 9.59 Å². The minimum absolute atomic E-state index is 0.0563. The van der Waals surface area contributed by atoms with Crippen molar-refractivity contribution in [1.29, 1.82) is 0 Å². The quantitative estimate of drug-likeness (QED) is 0.833. The molecule has 1 atom stereocenters. The lowest BCUT2D eigenvalue weighted by Gasteiger charge is -2.44. The molecule has 0 spiro atoms. The number of carbonyl (C=O) groups excluding carboxylic acids is 2.